The third-order valence-electron chi connectivity index (χ3n) is 3.14. The Bertz CT molecular complexity index is 542. The van der Waals surface area contributed by atoms with Crippen LogP contribution in [0.1, 0.15) is 71.3 Å². The third kappa shape index (κ3) is 6.42. The smallest absolute Gasteiger partial charge is 0.273 e. The normalized spacial score (nSPS) is 11.9. The van der Waals surface area contributed by atoms with E-state index in [1.165, 1.54) is 6.26 Å². The van der Waals surface area contributed by atoms with Gasteiger partial charge in [-0.25, -0.2) is 4.98 Å². The van der Waals surface area contributed by atoms with Crippen LogP contribution in [0.5, 0.6) is 0 Å². The van der Waals surface area contributed by atoms with Crippen molar-refractivity contribution in [3.8, 4) is 0 Å². The van der Waals surface area contributed by atoms with Gasteiger partial charge in [-0.3, -0.25) is 9.59 Å². The maximum atomic E-state index is 12.5. The van der Waals surface area contributed by atoms with E-state index in [2.05, 4.69) is 10.3 Å². The quantitative estimate of drug-likeness (QED) is 0.873. The Labute approximate surface area is 138 Å². The molecule has 1 N–H and O–H groups in total. The molecule has 0 fully saturated rings. The topological polar surface area (TPSA) is 75.4 Å². The maximum Gasteiger partial charge on any atom is 0.273 e. The summed E-state index contributed by atoms with van der Waals surface area (Å²) in [5.74, 6) is 0.154. The van der Waals surface area contributed by atoms with Crippen molar-refractivity contribution < 1.29 is 14.0 Å². The van der Waals surface area contributed by atoms with Crippen molar-refractivity contribution in [1.29, 1.82) is 0 Å². The molecule has 0 atom stereocenters. The van der Waals surface area contributed by atoms with Crippen LogP contribution in [0, 0.1) is 5.41 Å². The van der Waals surface area contributed by atoms with Gasteiger partial charge in [0.15, 0.2) is 5.69 Å². The van der Waals surface area contributed by atoms with E-state index in [4.69, 9.17) is 4.42 Å². The second-order valence-electron chi connectivity index (χ2n) is 7.61. The largest absolute Gasteiger partial charge is 0.446 e. The standard InChI is InChI=1S/C17H29N3O3/c1-11(2)18-16(22)13-10-23-14(19-13)9-20(12(3)4)15(21)8-17(5,6)7/h10-12H,8-9H2,1-7H3,(H,18,22). The van der Waals surface area contributed by atoms with E-state index < -0.39 is 0 Å². The van der Waals surface area contributed by atoms with Gasteiger partial charge >= 0.3 is 0 Å². The number of nitrogens with zero attached hydrogens (tertiary/aromatic N) is 2. The molecular weight excluding hydrogens is 294 g/mol. The van der Waals surface area contributed by atoms with Crippen molar-refractivity contribution in [2.45, 2.75) is 73.5 Å². The average Bonchev–Trinajstić information content (AvgIpc) is 2.80. The van der Waals surface area contributed by atoms with E-state index >= 15 is 0 Å². The number of aromatic nitrogens is 1. The molecule has 0 radical (unpaired) electrons. The molecular formula is C17H29N3O3. The fourth-order valence-corrected chi connectivity index (χ4v) is 2.08. The molecule has 1 aromatic heterocycles. The summed E-state index contributed by atoms with van der Waals surface area (Å²) < 4.78 is 5.36. The first-order valence-electron chi connectivity index (χ1n) is 8.04. The van der Waals surface area contributed by atoms with Crippen molar-refractivity contribution >= 4 is 11.8 Å². The zero-order valence-electron chi connectivity index (χ0n) is 15.3. The zero-order chi connectivity index (χ0) is 17.8. The number of carbonyl (C=O) groups excluding carboxylic acids is 2. The van der Waals surface area contributed by atoms with Crippen LogP contribution in [0.4, 0.5) is 0 Å². The summed E-state index contributed by atoms with van der Waals surface area (Å²) >= 11 is 0. The lowest BCUT2D eigenvalue weighted by Crippen LogP contribution is -2.38. The van der Waals surface area contributed by atoms with Crippen LogP contribution < -0.4 is 5.32 Å². The van der Waals surface area contributed by atoms with Crippen molar-refractivity contribution in [3.05, 3.63) is 17.8 Å². The van der Waals surface area contributed by atoms with Crippen LogP contribution in [0.2, 0.25) is 0 Å². The molecule has 1 heterocycles. The van der Waals surface area contributed by atoms with Gasteiger partial charge in [-0.2, -0.15) is 0 Å². The molecule has 130 valence electrons. The fraction of sp³-hybridized carbons (Fsp3) is 0.706. The number of hydrogen-bond donors (Lipinski definition) is 1. The molecule has 0 aromatic carbocycles. The van der Waals surface area contributed by atoms with Crippen LogP contribution >= 0.6 is 0 Å². The Morgan fingerprint density at radius 3 is 2.35 bits per heavy atom. The highest BCUT2D eigenvalue weighted by Crippen LogP contribution is 2.21. The summed E-state index contributed by atoms with van der Waals surface area (Å²) in [4.78, 5) is 30.3. The summed E-state index contributed by atoms with van der Waals surface area (Å²) in [5, 5.41) is 2.76. The first kappa shape index (κ1) is 19.2. The van der Waals surface area contributed by atoms with E-state index in [-0.39, 0.29) is 41.6 Å². The second-order valence-corrected chi connectivity index (χ2v) is 7.61. The molecule has 0 saturated carbocycles. The minimum atomic E-state index is -0.271. The van der Waals surface area contributed by atoms with E-state index in [0.717, 1.165) is 0 Å². The summed E-state index contributed by atoms with van der Waals surface area (Å²) in [5.41, 5.74) is 0.157. The molecule has 6 heteroatoms. The minimum absolute atomic E-state index is 0.0307. The molecule has 0 unspecified atom stereocenters. The predicted molar refractivity (Wildman–Crippen MR) is 88.9 cm³/mol. The van der Waals surface area contributed by atoms with Gasteiger partial charge < -0.3 is 14.6 Å². The summed E-state index contributed by atoms with van der Waals surface area (Å²) in [7, 11) is 0. The summed E-state index contributed by atoms with van der Waals surface area (Å²) in [6, 6.07) is 0.0628. The third-order valence-corrected chi connectivity index (χ3v) is 3.14. The van der Waals surface area contributed by atoms with Crippen LogP contribution in [0.15, 0.2) is 10.7 Å². The molecule has 23 heavy (non-hydrogen) atoms. The predicted octanol–water partition coefficient (Wildman–Crippen LogP) is 2.99. The lowest BCUT2D eigenvalue weighted by atomic mass is 9.91. The van der Waals surface area contributed by atoms with Gasteiger partial charge in [-0.15, -0.1) is 0 Å². The Morgan fingerprint density at radius 2 is 1.87 bits per heavy atom. The Balaban J connectivity index is 2.80. The zero-order valence-corrected chi connectivity index (χ0v) is 15.3. The molecule has 6 nitrogen and oxygen atoms in total. The Hall–Kier alpha value is -1.85. The van der Waals surface area contributed by atoms with Gasteiger partial charge in [0.25, 0.3) is 5.91 Å². The number of amides is 2. The van der Waals surface area contributed by atoms with Gasteiger partial charge in [0.1, 0.15) is 6.26 Å². The van der Waals surface area contributed by atoms with Crippen LogP contribution in [-0.4, -0.2) is 33.8 Å². The van der Waals surface area contributed by atoms with E-state index in [0.29, 0.717) is 12.3 Å². The number of rotatable bonds is 6. The van der Waals surface area contributed by atoms with Crippen LogP contribution in [0.3, 0.4) is 0 Å². The number of oxazole rings is 1. The van der Waals surface area contributed by atoms with E-state index in [1.807, 2.05) is 48.5 Å². The first-order valence-corrected chi connectivity index (χ1v) is 8.04. The van der Waals surface area contributed by atoms with Gasteiger partial charge in [0.2, 0.25) is 11.8 Å². The molecule has 0 saturated heterocycles. The molecule has 0 aliphatic heterocycles. The van der Waals surface area contributed by atoms with Crippen LogP contribution in [-0.2, 0) is 11.3 Å². The van der Waals surface area contributed by atoms with Gasteiger partial charge in [0.05, 0.1) is 6.54 Å². The number of hydrogen-bond acceptors (Lipinski definition) is 4. The fourth-order valence-electron chi connectivity index (χ4n) is 2.08. The Morgan fingerprint density at radius 1 is 1.26 bits per heavy atom. The monoisotopic (exact) mass is 323 g/mol. The summed E-state index contributed by atoms with van der Waals surface area (Å²) in [6.07, 6.45) is 1.78. The molecule has 0 bridgehead atoms. The first-order chi connectivity index (χ1) is 10.5. The molecule has 1 rings (SSSR count). The van der Waals surface area contributed by atoms with Crippen molar-refractivity contribution in [1.82, 2.24) is 15.2 Å². The molecule has 0 aliphatic rings. The van der Waals surface area contributed by atoms with E-state index in [1.54, 1.807) is 4.90 Å². The SMILES string of the molecule is CC(C)NC(=O)c1coc(CN(C(=O)CC(C)(C)C)C(C)C)n1. The summed E-state index contributed by atoms with van der Waals surface area (Å²) in [6.45, 7) is 14.0. The van der Waals surface area contributed by atoms with E-state index in [9.17, 15) is 9.59 Å². The van der Waals surface area contributed by atoms with Crippen molar-refractivity contribution in [3.63, 3.8) is 0 Å². The average molecular weight is 323 g/mol. The van der Waals surface area contributed by atoms with Crippen molar-refractivity contribution in [2.24, 2.45) is 5.41 Å². The van der Waals surface area contributed by atoms with Gasteiger partial charge in [0, 0.05) is 18.5 Å². The molecule has 2 amide bonds. The highest BCUT2D eigenvalue weighted by atomic mass is 16.3. The lowest BCUT2D eigenvalue weighted by Gasteiger charge is -2.28. The van der Waals surface area contributed by atoms with Crippen LogP contribution in [0.25, 0.3) is 0 Å². The van der Waals surface area contributed by atoms with Gasteiger partial charge in [-0.1, -0.05) is 20.8 Å². The highest BCUT2D eigenvalue weighted by molar-refractivity contribution is 5.92. The second kappa shape index (κ2) is 7.62. The van der Waals surface area contributed by atoms with Gasteiger partial charge in [-0.05, 0) is 33.1 Å². The number of carbonyl (C=O) groups is 2. The number of nitrogens with one attached hydrogen (secondary N) is 1. The minimum Gasteiger partial charge on any atom is -0.446 e. The molecule has 0 spiro atoms. The lowest BCUT2D eigenvalue weighted by molar-refractivity contribution is -0.135. The molecule has 0 aliphatic carbocycles. The maximum absolute atomic E-state index is 12.5. The molecule has 1 aromatic rings. The Kier molecular flexibility index (Phi) is 6.36. The van der Waals surface area contributed by atoms with Crippen molar-refractivity contribution in [2.75, 3.05) is 0 Å². The highest BCUT2D eigenvalue weighted by Gasteiger charge is 2.25.